The van der Waals surface area contributed by atoms with E-state index in [1.807, 2.05) is 32.0 Å². The number of aryl methyl sites for hydroxylation is 2. The van der Waals surface area contributed by atoms with Crippen molar-refractivity contribution >= 4 is 40.7 Å². The summed E-state index contributed by atoms with van der Waals surface area (Å²) in [6.07, 6.45) is 0.118. The number of halogens is 1. The summed E-state index contributed by atoms with van der Waals surface area (Å²) in [5.74, 6) is -1.22. The van der Waals surface area contributed by atoms with Gasteiger partial charge in [0.15, 0.2) is 0 Å². The molecule has 2 aromatic rings. The van der Waals surface area contributed by atoms with Crippen LogP contribution in [0.4, 0.5) is 11.4 Å². The van der Waals surface area contributed by atoms with E-state index in [9.17, 15) is 14.4 Å². The topological polar surface area (TPSA) is 78.5 Å². The van der Waals surface area contributed by atoms with Crippen LogP contribution in [0, 0.1) is 19.8 Å². The van der Waals surface area contributed by atoms with Crippen LogP contribution in [0.1, 0.15) is 17.5 Å². The molecule has 0 bridgehead atoms. The molecule has 0 radical (unpaired) electrons. The van der Waals surface area contributed by atoms with Crippen molar-refractivity contribution in [3.05, 3.63) is 58.6 Å². The van der Waals surface area contributed by atoms with Crippen molar-refractivity contribution in [1.82, 2.24) is 5.32 Å². The Labute approximate surface area is 168 Å². The smallest absolute Gasteiger partial charge is 0.243 e. The molecule has 146 valence electrons. The van der Waals surface area contributed by atoms with Gasteiger partial charge in [-0.1, -0.05) is 29.8 Å². The molecule has 0 aromatic heterocycles. The Balaban J connectivity index is 1.54. The molecule has 0 unspecified atom stereocenters. The molecule has 2 N–H and O–H groups in total. The van der Waals surface area contributed by atoms with Gasteiger partial charge in [0, 0.05) is 29.4 Å². The lowest BCUT2D eigenvalue weighted by Crippen LogP contribution is -2.38. The zero-order valence-electron chi connectivity index (χ0n) is 15.8. The lowest BCUT2D eigenvalue weighted by molar-refractivity contribution is -0.127. The van der Waals surface area contributed by atoms with Gasteiger partial charge in [-0.05, 0) is 49.2 Å². The predicted molar refractivity (Wildman–Crippen MR) is 109 cm³/mol. The Bertz CT molecular complexity index is 891. The monoisotopic (exact) mass is 399 g/mol. The van der Waals surface area contributed by atoms with Crippen molar-refractivity contribution in [3.8, 4) is 0 Å². The number of benzene rings is 2. The molecule has 0 saturated carbocycles. The van der Waals surface area contributed by atoms with Gasteiger partial charge in [0.1, 0.15) is 0 Å². The fraction of sp³-hybridized carbons (Fsp3) is 0.286. The highest BCUT2D eigenvalue weighted by Crippen LogP contribution is 2.26. The van der Waals surface area contributed by atoms with E-state index in [0.717, 1.165) is 16.8 Å². The second-order valence-corrected chi connectivity index (χ2v) is 7.35. The lowest BCUT2D eigenvalue weighted by atomic mass is 10.1. The summed E-state index contributed by atoms with van der Waals surface area (Å²) >= 11 is 5.88. The van der Waals surface area contributed by atoms with Crippen molar-refractivity contribution in [1.29, 1.82) is 0 Å². The summed E-state index contributed by atoms with van der Waals surface area (Å²) in [6, 6.07) is 12.7. The van der Waals surface area contributed by atoms with Crippen molar-refractivity contribution in [2.24, 2.45) is 5.92 Å². The summed E-state index contributed by atoms with van der Waals surface area (Å²) in [4.78, 5) is 38.5. The van der Waals surface area contributed by atoms with Crippen LogP contribution in [0.5, 0.6) is 0 Å². The molecule has 1 aliphatic heterocycles. The van der Waals surface area contributed by atoms with Gasteiger partial charge in [-0.25, -0.2) is 0 Å². The van der Waals surface area contributed by atoms with E-state index in [-0.39, 0.29) is 37.2 Å². The molecule has 7 heteroatoms. The summed E-state index contributed by atoms with van der Waals surface area (Å²) in [7, 11) is 0. The van der Waals surface area contributed by atoms with E-state index in [4.69, 9.17) is 11.6 Å². The largest absolute Gasteiger partial charge is 0.347 e. The fourth-order valence-electron chi connectivity index (χ4n) is 3.26. The van der Waals surface area contributed by atoms with E-state index >= 15 is 0 Å². The maximum Gasteiger partial charge on any atom is 0.243 e. The van der Waals surface area contributed by atoms with Crippen LogP contribution in [-0.4, -0.2) is 30.8 Å². The molecule has 1 aliphatic rings. The molecule has 1 atom stereocenters. The molecule has 28 heavy (non-hydrogen) atoms. The van der Waals surface area contributed by atoms with Crippen molar-refractivity contribution in [3.63, 3.8) is 0 Å². The van der Waals surface area contributed by atoms with Gasteiger partial charge in [0.2, 0.25) is 17.7 Å². The van der Waals surface area contributed by atoms with Gasteiger partial charge < -0.3 is 15.5 Å². The minimum atomic E-state index is -0.490. The zero-order chi connectivity index (χ0) is 20.3. The van der Waals surface area contributed by atoms with Crippen LogP contribution in [0.15, 0.2) is 42.5 Å². The third-order valence-electron chi connectivity index (χ3n) is 4.80. The van der Waals surface area contributed by atoms with Gasteiger partial charge >= 0.3 is 0 Å². The number of carbonyl (C=O) groups is 3. The molecule has 1 fully saturated rings. The number of anilines is 2. The summed E-state index contributed by atoms with van der Waals surface area (Å²) < 4.78 is 0. The number of carbonyl (C=O) groups excluding carboxylic acids is 3. The maximum atomic E-state index is 12.4. The molecule has 0 spiro atoms. The second kappa shape index (κ2) is 8.44. The number of rotatable bonds is 5. The minimum absolute atomic E-state index is 0.118. The molecule has 3 rings (SSSR count). The third-order valence-corrected chi connectivity index (χ3v) is 5.05. The first-order valence-electron chi connectivity index (χ1n) is 9.05. The van der Waals surface area contributed by atoms with Crippen LogP contribution in [-0.2, 0) is 14.4 Å². The lowest BCUT2D eigenvalue weighted by Gasteiger charge is -2.17. The molecule has 0 aliphatic carbocycles. The van der Waals surface area contributed by atoms with Crippen molar-refractivity contribution in [2.45, 2.75) is 20.3 Å². The molecule has 3 amide bonds. The van der Waals surface area contributed by atoms with Gasteiger partial charge in [-0.2, -0.15) is 0 Å². The van der Waals surface area contributed by atoms with Crippen molar-refractivity contribution < 1.29 is 14.4 Å². The van der Waals surface area contributed by atoms with Crippen LogP contribution in [0.3, 0.4) is 0 Å². The SMILES string of the molecule is Cc1cccc(C)c1NC(=O)CNC(=O)[C@@H]1CC(=O)N(c2ccc(Cl)cc2)C1. The summed E-state index contributed by atoms with van der Waals surface area (Å²) in [5, 5.41) is 6.05. The molecule has 2 aromatic carbocycles. The first-order valence-corrected chi connectivity index (χ1v) is 9.42. The van der Waals surface area contributed by atoms with Gasteiger partial charge in [0.25, 0.3) is 0 Å². The standard InChI is InChI=1S/C21H22ClN3O3/c1-13-4-3-5-14(2)20(13)24-18(26)11-23-21(28)15-10-19(27)25(12-15)17-8-6-16(22)7-9-17/h3-9,15H,10-12H2,1-2H3,(H,23,28)(H,24,26)/t15-/m1/s1. The second-order valence-electron chi connectivity index (χ2n) is 6.91. The van der Waals surface area contributed by atoms with E-state index < -0.39 is 5.92 Å². The number of hydrogen-bond acceptors (Lipinski definition) is 3. The Hall–Kier alpha value is -2.86. The number of para-hydroxylation sites is 1. The normalized spacial score (nSPS) is 16.2. The number of nitrogens with zero attached hydrogens (tertiary/aromatic N) is 1. The molecule has 1 saturated heterocycles. The van der Waals surface area contributed by atoms with Crippen molar-refractivity contribution in [2.75, 3.05) is 23.3 Å². The third kappa shape index (κ3) is 4.51. The van der Waals surface area contributed by atoms with E-state index in [2.05, 4.69) is 10.6 Å². The number of nitrogens with one attached hydrogen (secondary N) is 2. The Morgan fingerprint density at radius 1 is 1.11 bits per heavy atom. The molecular formula is C21H22ClN3O3. The molecular weight excluding hydrogens is 378 g/mol. The average Bonchev–Trinajstić information content (AvgIpc) is 3.05. The Morgan fingerprint density at radius 2 is 1.75 bits per heavy atom. The van der Waals surface area contributed by atoms with E-state index in [1.165, 1.54) is 0 Å². The Morgan fingerprint density at radius 3 is 2.39 bits per heavy atom. The zero-order valence-corrected chi connectivity index (χ0v) is 16.5. The molecule has 6 nitrogen and oxygen atoms in total. The quantitative estimate of drug-likeness (QED) is 0.811. The first-order chi connectivity index (χ1) is 13.3. The summed E-state index contributed by atoms with van der Waals surface area (Å²) in [5.41, 5.74) is 3.38. The average molecular weight is 400 g/mol. The Kier molecular flexibility index (Phi) is 5.99. The van der Waals surface area contributed by atoms with Crippen LogP contribution >= 0.6 is 11.6 Å². The highest BCUT2D eigenvalue weighted by molar-refractivity contribution is 6.30. The molecule has 1 heterocycles. The van der Waals surface area contributed by atoms with Gasteiger partial charge in [-0.15, -0.1) is 0 Å². The minimum Gasteiger partial charge on any atom is -0.347 e. The first kappa shape index (κ1) is 19.9. The van der Waals surface area contributed by atoms with E-state index in [1.54, 1.807) is 29.2 Å². The van der Waals surface area contributed by atoms with Crippen LogP contribution in [0.25, 0.3) is 0 Å². The van der Waals surface area contributed by atoms with Crippen LogP contribution in [0.2, 0.25) is 5.02 Å². The van der Waals surface area contributed by atoms with Crippen LogP contribution < -0.4 is 15.5 Å². The van der Waals surface area contributed by atoms with Gasteiger partial charge in [-0.3, -0.25) is 14.4 Å². The maximum absolute atomic E-state index is 12.4. The highest BCUT2D eigenvalue weighted by Gasteiger charge is 2.35. The predicted octanol–water partition coefficient (Wildman–Crippen LogP) is 3.06. The summed E-state index contributed by atoms with van der Waals surface area (Å²) in [6.45, 7) is 3.97. The fourth-order valence-corrected chi connectivity index (χ4v) is 3.39. The highest BCUT2D eigenvalue weighted by atomic mass is 35.5. The number of hydrogen-bond donors (Lipinski definition) is 2. The van der Waals surface area contributed by atoms with Gasteiger partial charge in [0.05, 0.1) is 12.5 Å². The number of amides is 3. The van der Waals surface area contributed by atoms with E-state index in [0.29, 0.717) is 10.7 Å².